The van der Waals surface area contributed by atoms with Gasteiger partial charge in [0.15, 0.2) is 0 Å². The van der Waals surface area contributed by atoms with Crippen LogP contribution in [0.5, 0.6) is 0 Å². The van der Waals surface area contributed by atoms with Crippen molar-refractivity contribution in [3.05, 3.63) is 0 Å². The molecule has 0 aromatic rings. The zero-order valence-electron chi connectivity index (χ0n) is 14.5. The van der Waals surface area contributed by atoms with Crippen LogP contribution in [0.2, 0.25) is 0 Å². The zero-order chi connectivity index (χ0) is 17.9. The summed E-state index contributed by atoms with van der Waals surface area (Å²) < 4.78 is 29.8. The Morgan fingerprint density at radius 1 is 1.13 bits per heavy atom. The van der Waals surface area contributed by atoms with Gasteiger partial charge in [-0.25, -0.2) is 0 Å². The van der Waals surface area contributed by atoms with E-state index in [2.05, 4.69) is 5.32 Å². The van der Waals surface area contributed by atoms with E-state index >= 15 is 0 Å². The fourth-order valence-corrected chi connectivity index (χ4v) is 3.99. The minimum atomic E-state index is -3.91. The van der Waals surface area contributed by atoms with E-state index in [1.807, 2.05) is 27.7 Å². The number of rotatable bonds is 7. The first-order chi connectivity index (χ1) is 10.3. The topological polar surface area (TPSA) is 107 Å². The van der Waals surface area contributed by atoms with Crippen molar-refractivity contribution in [3.8, 4) is 0 Å². The first kappa shape index (κ1) is 20.3. The molecule has 0 aromatic heterocycles. The van der Waals surface area contributed by atoms with Gasteiger partial charge in [0.05, 0.1) is 5.75 Å². The number of hydroxylamine groups is 2. The number of nitrogens with one attached hydrogen (secondary N) is 1. The molecule has 0 saturated carbocycles. The van der Waals surface area contributed by atoms with Gasteiger partial charge in [-0.1, -0.05) is 6.42 Å². The highest BCUT2D eigenvalue weighted by atomic mass is 32.2. The van der Waals surface area contributed by atoms with E-state index in [4.69, 9.17) is 4.55 Å². The lowest BCUT2D eigenvalue weighted by Gasteiger charge is -2.51. The molecule has 1 fully saturated rings. The van der Waals surface area contributed by atoms with E-state index in [0.717, 1.165) is 0 Å². The summed E-state index contributed by atoms with van der Waals surface area (Å²) in [7, 11) is -3.91. The number of hydrogen-bond acceptors (Lipinski definition) is 5. The number of unbranched alkanes of at least 4 members (excludes halogenated alkanes) is 2. The molecule has 8 heteroatoms. The Bertz CT molecular complexity index is 498. The van der Waals surface area contributed by atoms with Crippen LogP contribution in [0, 0.1) is 0 Å². The predicted octanol–water partition coefficient (Wildman–Crippen LogP) is 1.96. The van der Waals surface area contributed by atoms with Gasteiger partial charge in [0.1, 0.15) is 0 Å². The van der Waals surface area contributed by atoms with Crippen molar-refractivity contribution in [1.29, 1.82) is 0 Å². The predicted molar refractivity (Wildman–Crippen MR) is 87.8 cm³/mol. The summed E-state index contributed by atoms with van der Waals surface area (Å²) in [6.07, 6.45) is 3.20. The molecule has 1 aliphatic rings. The molecule has 23 heavy (non-hydrogen) atoms. The van der Waals surface area contributed by atoms with Crippen molar-refractivity contribution in [2.24, 2.45) is 0 Å². The Morgan fingerprint density at radius 3 is 2.13 bits per heavy atom. The molecule has 1 saturated heterocycles. The average Bonchev–Trinajstić information content (AvgIpc) is 2.33. The normalized spacial score (nSPS) is 22.0. The quantitative estimate of drug-likeness (QED) is 0.479. The molecule has 1 rings (SSSR count). The van der Waals surface area contributed by atoms with Crippen LogP contribution in [0.1, 0.15) is 66.2 Å². The summed E-state index contributed by atoms with van der Waals surface area (Å²) in [4.78, 5) is 12.0. The fraction of sp³-hybridized carbons (Fsp3) is 0.933. The Labute approximate surface area is 139 Å². The van der Waals surface area contributed by atoms with Crippen molar-refractivity contribution in [3.63, 3.8) is 0 Å². The second kappa shape index (κ2) is 7.46. The van der Waals surface area contributed by atoms with E-state index < -0.39 is 21.2 Å². The molecule has 7 nitrogen and oxygen atoms in total. The molecule has 1 aliphatic heterocycles. The van der Waals surface area contributed by atoms with Crippen LogP contribution in [-0.4, -0.2) is 52.0 Å². The van der Waals surface area contributed by atoms with Gasteiger partial charge < -0.3 is 10.5 Å². The SMILES string of the molecule is CC1(C)CC(NC(=O)CCCCCS(=O)(=O)O)CC(C)(C)N1O. The summed E-state index contributed by atoms with van der Waals surface area (Å²) >= 11 is 0. The average molecular weight is 350 g/mol. The molecule has 0 radical (unpaired) electrons. The number of nitrogens with zero attached hydrogens (tertiary/aromatic N) is 1. The molecule has 0 spiro atoms. The van der Waals surface area contributed by atoms with E-state index in [1.54, 1.807) is 0 Å². The summed E-state index contributed by atoms with van der Waals surface area (Å²) in [6, 6.07) is 0.00807. The van der Waals surface area contributed by atoms with Crippen molar-refractivity contribution in [1.82, 2.24) is 10.4 Å². The molecule has 3 N–H and O–H groups in total. The van der Waals surface area contributed by atoms with Crippen LogP contribution in [0.15, 0.2) is 0 Å². The van der Waals surface area contributed by atoms with Crippen LogP contribution in [0.25, 0.3) is 0 Å². The lowest BCUT2D eigenvalue weighted by atomic mass is 9.79. The molecule has 0 unspecified atom stereocenters. The maximum absolute atomic E-state index is 12.0. The Balaban J connectivity index is 2.37. The monoisotopic (exact) mass is 350 g/mol. The van der Waals surface area contributed by atoms with Crippen molar-refractivity contribution in [2.75, 3.05) is 5.75 Å². The zero-order valence-corrected chi connectivity index (χ0v) is 15.3. The van der Waals surface area contributed by atoms with E-state index in [9.17, 15) is 18.4 Å². The highest BCUT2D eigenvalue weighted by molar-refractivity contribution is 7.85. The Kier molecular flexibility index (Phi) is 6.60. The third kappa shape index (κ3) is 6.74. The summed E-state index contributed by atoms with van der Waals surface area (Å²) in [6.45, 7) is 7.79. The van der Waals surface area contributed by atoms with Crippen LogP contribution in [0.3, 0.4) is 0 Å². The van der Waals surface area contributed by atoms with Gasteiger partial charge >= 0.3 is 0 Å². The molecule has 136 valence electrons. The third-order valence-corrected chi connectivity index (χ3v) is 5.11. The van der Waals surface area contributed by atoms with E-state index in [-0.39, 0.29) is 17.7 Å². The van der Waals surface area contributed by atoms with Crippen LogP contribution in [0.4, 0.5) is 0 Å². The number of piperidine rings is 1. The molecule has 0 bridgehead atoms. The Morgan fingerprint density at radius 2 is 1.65 bits per heavy atom. The van der Waals surface area contributed by atoms with E-state index in [1.165, 1.54) is 5.06 Å². The molecule has 0 atom stereocenters. The second-order valence-electron chi connectivity index (χ2n) is 7.71. The minimum Gasteiger partial charge on any atom is -0.353 e. The number of carbonyl (C=O) groups excluding carboxylic acids is 1. The molecule has 0 aromatic carbocycles. The molecular weight excluding hydrogens is 320 g/mol. The Hall–Kier alpha value is -0.700. The largest absolute Gasteiger partial charge is 0.353 e. The summed E-state index contributed by atoms with van der Waals surface area (Å²) in [5.41, 5.74) is -0.815. The number of amides is 1. The first-order valence-corrected chi connectivity index (χ1v) is 9.68. The molecule has 1 heterocycles. The molecule has 1 amide bonds. The molecule has 0 aliphatic carbocycles. The maximum atomic E-state index is 12.0. The van der Waals surface area contributed by atoms with Crippen molar-refractivity contribution >= 4 is 16.0 Å². The fourth-order valence-electron chi connectivity index (χ4n) is 3.42. The maximum Gasteiger partial charge on any atom is 0.264 e. The summed E-state index contributed by atoms with van der Waals surface area (Å²) in [5.74, 6) is -0.314. The minimum absolute atomic E-state index is 0.00807. The third-order valence-electron chi connectivity index (χ3n) is 4.31. The molecular formula is C15H30N2O5S. The van der Waals surface area contributed by atoms with Gasteiger partial charge in [-0.3, -0.25) is 9.35 Å². The van der Waals surface area contributed by atoms with Crippen LogP contribution in [-0.2, 0) is 14.9 Å². The van der Waals surface area contributed by atoms with Crippen molar-refractivity contribution < 1.29 is 23.0 Å². The van der Waals surface area contributed by atoms with Crippen LogP contribution >= 0.6 is 0 Å². The van der Waals surface area contributed by atoms with Crippen molar-refractivity contribution in [2.45, 2.75) is 83.3 Å². The number of carbonyl (C=O) groups is 1. The smallest absolute Gasteiger partial charge is 0.264 e. The van der Waals surface area contributed by atoms with Gasteiger partial charge in [0.25, 0.3) is 10.1 Å². The lowest BCUT2D eigenvalue weighted by Crippen LogP contribution is -2.62. The number of hydrogen-bond donors (Lipinski definition) is 3. The standard InChI is InChI=1S/C15H30N2O5S/c1-14(2)10-12(11-15(3,4)17(14)19)16-13(18)8-6-5-7-9-23(20,21)22/h12,19H,5-11H2,1-4H3,(H,16,18)(H,20,21,22). The van der Waals surface area contributed by atoms with Gasteiger partial charge in [-0.15, -0.1) is 0 Å². The highest BCUT2D eigenvalue weighted by Gasteiger charge is 2.45. The van der Waals surface area contributed by atoms with E-state index in [0.29, 0.717) is 38.5 Å². The first-order valence-electron chi connectivity index (χ1n) is 8.07. The van der Waals surface area contributed by atoms with Gasteiger partial charge in [0, 0.05) is 23.5 Å². The highest BCUT2D eigenvalue weighted by Crippen LogP contribution is 2.36. The van der Waals surface area contributed by atoms with Gasteiger partial charge in [0.2, 0.25) is 5.91 Å². The summed E-state index contributed by atoms with van der Waals surface area (Å²) in [5, 5.41) is 14.6. The van der Waals surface area contributed by atoms with Gasteiger partial charge in [-0.2, -0.15) is 13.5 Å². The lowest BCUT2D eigenvalue weighted by molar-refractivity contribution is -0.246. The van der Waals surface area contributed by atoms with Crippen LogP contribution < -0.4 is 5.32 Å². The van der Waals surface area contributed by atoms with Gasteiger partial charge in [-0.05, 0) is 53.4 Å². The second-order valence-corrected chi connectivity index (χ2v) is 9.28.